The van der Waals surface area contributed by atoms with Gasteiger partial charge in [0.05, 0.1) is 11.2 Å². The highest BCUT2D eigenvalue weighted by Gasteiger charge is 2.28. The number of aryl methyl sites for hydroxylation is 1. The summed E-state index contributed by atoms with van der Waals surface area (Å²) in [5, 5.41) is 15.7. The van der Waals surface area contributed by atoms with Gasteiger partial charge in [-0.05, 0) is 37.7 Å². The van der Waals surface area contributed by atoms with Crippen LogP contribution in [-0.4, -0.2) is 21.5 Å². The van der Waals surface area contributed by atoms with Crippen LogP contribution in [0.25, 0.3) is 10.9 Å². The average molecular weight is 260 g/mol. The Hall–Kier alpha value is -1.35. The Morgan fingerprint density at radius 1 is 1.16 bits per heavy atom. The summed E-state index contributed by atoms with van der Waals surface area (Å²) in [6, 6.07) is 8.37. The van der Waals surface area contributed by atoms with E-state index in [4.69, 9.17) is 5.10 Å². The summed E-state index contributed by atoms with van der Waals surface area (Å²) in [5.41, 5.74) is 2.28. The molecule has 3 nitrogen and oxygen atoms in total. The van der Waals surface area contributed by atoms with Gasteiger partial charge in [-0.3, -0.25) is 4.68 Å². The Kier molecular flexibility index (Phi) is 4.25. The van der Waals surface area contributed by atoms with E-state index in [1.54, 1.807) is 0 Å². The van der Waals surface area contributed by atoms with E-state index in [1.807, 2.05) is 0 Å². The highest BCUT2D eigenvalue weighted by molar-refractivity contribution is 5.82. The lowest BCUT2D eigenvalue weighted by Crippen LogP contribution is -2.27. The molecule has 1 aromatic carbocycles. The fraction of sp³-hybridized carbons (Fsp3) is 0.562. The van der Waals surface area contributed by atoms with Crippen LogP contribution in [0.15, 0.2) is 24.3 Å². The number of aliphatic hydroxyl groups is 1. The van der Waals surface area contributed by atoms with E-state index >= 15 is 0 Å². The van der Waals surface area contributed by atoms with Crippen molar-refractivity contribution in [3.8, 4) is 0 Å². The maximum atomic E-state index is 9.74. The molecule has 0 aliphatic carbocycles. The molecule has 2 rings (SSSR count). The first kappa shape index (κ1) is 14.1. The molecule has 0 aliphatic rings. The van der Waals surface area contributed by atoms with Crippen LogP contribution in [0.3, 0.4) is 0 Å². The van der Waals surface area contributed by atoms with Crippen LogP contribution < -0.4 is 0 Å². The van der Waals surface area contributed by atoms with Crippen LogP contribution in [0.5, 0.6) is 0 Å². The van der Waals surface area contributed by atoms with Crippen LogP contribution in [0.2, 0.25) is 0 Å². The molecule has 0 saturated carbocycles. The minimum absolute atomic E-state index is 0.0320. The van der Waals surface area contributed by atoms with Gasteiger partial charge in [-0.15, -0.1) is 0 Å². The molecular formula is C16H24N2O. The fourth-order valence-corrected chi connectivity index (χ4v) is 2.70. The molecule has 19 heavy (non-hydrogen) atoms. The van der Waals surface area contributed by atoms with E-state index in [0.717, 1.165) is 31.5 Å². The van der Waals surface area contributed by atoms with Gasteiger partial charge < -0.3 is 5.11 Å². The third-order valence-electron chi connectivity index (χ3n) is 4.41. The molecule has 0 atom stereocenters. The largest absolute Gasteiger partial charge is 0.396 e. The average Bonchev–Trinajstić information content (AvgIpc) is 2.83. The predicted octanol–water partition coefficient (Wildman–Crippen LogP) is 3.40. The summed E-state index contributed by atoms with van der Waals surface area (Å²) in [6.45, 7) is 7.53. The zero-order valence-electron chi connectivity index (χ0n) is 12.2. The second-order valence-corrected chi connectivity index (χ2v) is 5.32. The predicted molar refractivity (Wildman–Crippen MR) is 79.2 cm³/mol. The minimum Gasteiger partial charge on any atom is -0.396 e. The zero-order chi connectivity index (χ0) is 13.9. The first-order valence-electron chi connectivity index (χ1n) is 7.25. The van der Waals surface area contributed by atoms with Crippen LogP contribution in [0, 0.1) is 5.41 Å². The molecule has 0 unspecified atom stereocenters. The second kappa shape index (κ2) is 5.74. The van der Waals surface area contributed by atoms with E-state index < -0.39 is 0 Å². The van der Waals surface area contributed by atoms with Crippen molar-refractivity contribution in [1.82, 2.24) is 9.78 Å². The number of benzene rings is 1. The summed E-state index contributed by atoms with van der Waals surface area (Å²) >= 11 is 0. The SMILES string of the molecule is CCn1nc(CC(CC)(CC)CO)c2ccccc21. The normalized spacial score (nSPS) is 12.2. The smallest absolute Gasteiger partial charge is 0.0709 e. The summed E-state index contributed by atoms with van der Waals surface area (Å²) in [6.07, 6.45) is 2.81. The van der Waals surface area contributed by atoms with Gasteiger partial charge in [0.1, 0.15) is 0 Å². The lowest BCUT2D eigenvalue weighted by molar-refractivity contribution is 0.114. The van der Waals surface area contributed by atoms with E-state index in [9.17, 15) is 5.11 Å². The lowest BCUT2D eigenvalue weighted by atomic mass is 9.78. The molecule has 0 bridgehead atoms. The van der Waals surface area contributed by atoms with Crippen molar-refractivity contribution in [3.05, 3.63) is 30.0 Å². The number of hydrogen-bond acceptors (Lipinski definition) is 2. The number of para-hydroxylation sites is 1. The maximum absolute atomic E-state index is 9.74. The Labute approximate surface area is 115 Å². The standard InChI is InChI=1S/C16H24N2O/c1-4-16(5-2,12-19)11-14-13-9-7-8-10-15(13)18(6-3)17-14/h7-10,19H,4-6,11-12H2,1-3H3. The monoisotopic (exact) mass is 260 g/mol. The molecule has 0 aliphatic heterocycles. The number of hydrogen-bond donors (Lipinski definition) is 1. The summed E-state index contributed by atoms with van der Waals surface area (Å²) in [4.78, 5) is 0. The molecular weight excluding hydrogens is 236 g/mol. The third kappa shape index (κ3) is 2.52. The number of fused-ring (bicyclic) bond motifs is 1. The van der Waals surface area contributed by atoms with Gasteiger partial charge in [0, 0.05) is 18.5 Å². The van der Waals surface area contributed by atoms with Crippen molar-refractivity contribution in [3.63, 3.8) is 0 Å². The Morgan fingerprint density at radius 2 is 1.84 bits per heavy atom. The van der Waals surface area contributed by atoms with Crippen molar-refractivity contribution in [2.24, 2.45) is 5.41 Å². The van der Waals surface area contributed by atoms with Gasteiger partial charge in [-0.25, -0.2) is 0 Å². The lowest BCUT2D eigenvalue weighted by Gasteiger charge is -2.28. The molecule has 0 saturated heterocycles. The number of aromatic nitrogens is 2. The molecule has 0 amide bonds. The summed E-state index contributed by atoms with van der Waals surface area (Å²) in [5.74, 6) is 0. The van der Waals surface area contributed by atoms with Crippen molar-refractivity contribution in [2.45, 2.75) is 46.6 Å². The van der Waals surface area contributed by atoms with Crippen molar-refractivity contribution in [2.75, 3.05) is 6.61 Å². The third-order valence-corrected chi connectivity index (χ3v) is 4.41. The quantitative estimate of drug-likeness (QED) is 0.864. The molecule has 0 fully saturated rings. The molecule has 104 valence electrons. The topological polar surface area (TPSA) is 38.0 Å². The fourth-order valence-electron chi connectivity index (χ4n) is 2.70. The van der Waals surface area contributed by atoms with Crippen LogP contribution in [0.1, 0.15) is 39.3 Å². The zero-order valence-corrected chi connectivity index (χ0v) is 12.2. The number of aliphatic hydroxyl groups excluding tert-OH is 1. The first-order chi connectivity index (χ1) is 9.19. The highest BCUT2D eigenvalue weighted by atomic mass is 16.3. The summed E-state index contributed by atoms with van der Waals surface area (Å²) in [7, 11) is 0. The van der Waals surface area contributed by atoms with Crippen LogP contribution >= 0.6 is 0 Å². The molecule has 0 radical (unpaired) electrons. The Balaban J connectivity index is 2.45. The Bertz CT molecular complexity index is 532. The van der Waals surface area contributed by atoms with Crippen molar-refractivity contribution >= 4 is 10.9 Å². The van der Waals surface area contributed by atoms with E-state index in [1.165, 1.54) is 10.9 Å². The molecule has 0 spiro atoms. The van der Waals surface area contributed by atoms with Crippen LogP contribution in [-0.2, 0) is 13.0 Å². The van der Waals surface area contributed by atoms with Gasteiger partial charge in [0.25, 0.3) is 0 Å². The maximum Gasteiger partial charge on any atom is 0.0709 e. The van der Waals surface area contributed by atoms with Crippen LogP contribution in [0.4, 0.5) is 0 Å². The molecule has 3 heteroatoms. The van der Waals surface area contributed by atoms with Gasteiger partial charge in [0.2, 0.25) is 0 Å². The van der Waals surface area contributed by atoms with E-state index in [0.29, 0.717) is 0 Å². The van der Waals surface area contributed by atoms with Gasteiger partial charge >= 0.3 is 0 Å². The molecule has 2 aromatic rings. The first-order valence-corrected chi connectivity index (χ1v) is 7.25. The van der Waals surface area contributed by atoms with E-state index in [-0.39, 0.29) is 12.0 Å². The van der Waals surface area contributed by atoms with Gasteiger partial charge in [-0.1, -0.05) is 32.0 Å². The minimum atomic E-state index is -0.0320. The molecule has 1 N–H and O–H groups in total. The highest BCUT2D eigenvalue weighted by Crippen LogP contribution is 2.32. The summed E-state index contributed by atoms with van der Waals surface area (Å²) < 4.78 is 2.05. The van der Waals surface area contributed by atoms with Crippen molar-refractivity contribution in [1.29, 1.82) is 0 Å². The van der Waals surface area contributed by atoms with E-state index in [2.05, 4.69) is 49.7 Å². The second-order valence-electron chi connectivity index (χ2n) is 5.32. The molecule has 1 heterocycles. The number of rotatable bonds is 6. The molecule has 1 aromatic heterocycles. The van der Waals surface area contributed by atoms with Gasteiger partial charge in [-0.2, -0.15) is 5.10 Å². The Morgan fingerprint density at radius 3 is 2.42 bits per heavy atom. The van der Waals surface area contributed by atoms with Crippen molar-refractivity contribution < 1.29 is 5.11 Å². The van der Waals surface area contributed by atoms with Gasteiger partial charge in [0.15, 0.2) is 0 Å². The number of nitrogens with zero attached hydrogens (tertiary/aromatic N) is 2.